The van der Waals surface area contributed by atoms with Gasteiger partial charge in [-0.3, -0.25) is 0 Å². The molecule has 0 saturated heterocycles. The zero-order valence-corrected chi connectivity index (χ0v) is 20.6. The van der Waals surface area contributed by atoms with E-state index in [1.165, 1.54) is 26.4 Å². The Morgan fingerprint density at radius 1 is 0.806 bits per heavy atom. The number of phenols is 1. The number of hydrogen-bond acceptors (Lipinski definition) is 10. The van der Waals surface area contributed by atoms with Gasteiger partial charge in [0.15, 0.2) is 28.8 Å². The molecule has 0 radical (unpaired) electrons. The molecule has 0 spiro atoms. The van der Waals surface area contributed by atoms with E-state index in [1.807, 2.05) is 0 Å². The van der Waals surface area contributed by atoms with Gasteiger partial charge in [-0.25, -0.2) is 9.59 Å². The summed E-state index contributed by atoms with van der Waals surface area (Å²) in [4.78, 5) is 25.3. The molecular weight excluding hydrogens is 472 g/mol. The third-order valence-corrected chi connectivity index (χ3v) is 5.53. The molecule has 1 N–H and O–H groups in total. The highest BCUT2D eigenvalue weighted by Gasteiger charge is 2.26. The number of carbonyl (C=O) groups excluding carboxylic acids is 2. The second-order valence-electron chi connectivity index (χ2n) is 7.68. The molecule has 2 aromatic carbocycles. The van der Waals surface area contributed by atoms with Crippen LogP contribution >= 0.6 is 0 Å². The second-order valence-corrected chi connectivity index (χ2v) is 7.68. The molecule has 0 unspecified atom stereocenters. The minimum absolute atomic E-state index is 0.121. The Labute approximate surface area is 206 Å². The van der Waals surface area contributed by atoms with E-state index in [2.05, 4.69) is 0 Å². The zero-order valence-electron chi connectivity index (χ0n) is 20.6. The number of ether oxygens (including phenoxy) is 5. The number of rotatable bonds is 9. The molecule has 2 heterocycles. The van der Waals surface area contributed by atoms with Crippen LogP contribution in [0.2, 0.25) is 0 Å². The molecule has 190 valence electrons. The number of fused-ring (bicyclic) bond motifs is 2. The fourth-order valence-electron chi connectivity index (χ4n) is 3.95. The van der Waals surface area contributed by atoms with E-state index >= 15 is 0 Å². The number of benzene rings is 2. The lowest BCUT2D eigenvalue weighted by molar-refractivity contribution is 0.0514. The van der Waals surface area contributed by atoms with Crippen LogP contribution in [0.4, 0.5) is 0 Å². The second kappa shape index (κ2) is 10.1. The van der Waals surface area contributed by atoms with E-state index in [9.17, 15) is 14.7 Å². The molecule has 2 aromatic heterocycles. The van der Waals surface area contributed by atoms with Crippen LogP contribution in [0, 0.1) is 6.92 Å². The van der Waals surface area contributed by atoms with Crippen molar-refractivity contribution >= 4 is 33.9 Å². The van der Waals surface area contributed by atoms with E-state index in [4.69, 9.17) is 32.5 Å². The predicted molar refractivity (Wildman–Crippen MR) is 128 cm³/mol. The lowest BCUT2D eigenvalue weighted by Crippen LogP contribution is -2.08. The van der Waals surface area contributed by atoms with Gasteiger partial charge in [-0.1, -0.05) is 0 Å². The van der Waals surface area contributed by atoms with Gasteiger partial charge < -0.3 is 37.6 Å². The van der Waals surface area contributed by atoms with Crippen LogP contribution in [0.15, 0.2) is 33.1 Å². The quantitative estimate of drug-likeness (QED) is 0.310. The van der Waals surface area contributed by atoms with Crippen molar-refractivity contribution in [1.82, 2.24) is 0 Å². The number of methoxy groups -OCH3 is 2. The van der Waals surface area contributed by atoms with E-state index in [0.717, 1.165) is 0 Å². The van der Waals surface area contributed by atoms with Gasteiger partial charge >= 0.3 is 11.9 Å². The summed E-state index contributed by atoms with van der Waals surface area (Å²) in [6, 6.07) is 6.07. The van der Waals surface area contributed by atoms with Crippen molar-refractivity contribution in [1.29, 1.82) is 0 Å². The number of furan rings is 2. The van der Waals surface area contributed by atoms with Crippen molar-refractivity contribution in [2.45, 2.75) is 27.4 Å². The average Bonchev–Trinajstić information content (AvgIpc) is 3.37. The highest BCUT2D eigenvalue weighted by Crippen LogP contribution is 2.39. The minimum atomic E-state index is -0.628. The molecule has 10 heteroatoms. The Kier molecular flexibility index (Phi) is 6.96. The number of aryl methyl sites for hydroxylation is 1. The van der Waals surface area contributed by atoms with E-state index in [-0.39, 0.29) is 54.0 Å². The Bertz CT molecular complexity index is 1440. The van der Waals surface area contributed by atoms with Gasteiger partial charge in [0.1, 0.15) is 34.7 Å². The molecule has 0 atom stereocenters. The monoisotopic (exact) mass is 498 g/mol. The van der Waals surface area contributed by atoms with Gasteiger partial charge in [-0.15, -0.1) is 0 Å². The number of phenolic OH excluding ortho intramolecular Hbond substituents is 1. The van der Waals surface area contributed by atoms with E-state index in [1.54, 1.807) is 32.9 Å². The van der Waals surface area contributed by atoms with Crippen LogP contribution < -0.4 is 14.2 Å². The predicted octanol–water partition coefficient (Wildman–Crippen LogP) is 5.14. The molecule has 0 fully saturated rings. The van der Waals surface area contributed by atoms with Gasteiger partial charge in [-0.05, 0) is 32.9 Å². The molecule has 0 aliphatic heterocycles. The Balaban J connectivity index is 1.77. The molecular formula is C26H26O10. The van der Waals surface area contributed by atoms with Crippen LogP contribution in [0.25, 0.3) is 21.9 Å². The third kappa shape index (κ3) is 4.37. The first-order chi connectivity index (χ1) is 17.3. The molecule has 4 aromatic rings. The van der Waals surface area contributed by atoms with Crippen LogP contribution in [-0.2, 0) is 16.1 Å². The highest BCUT2D eigenvalue weighted by atomic mass is 16.5. The van der Waals surface area contributed by atoms with Gasteiger partial charge in [0.2, 0.25) is 0 Å². The van der Waals surface area contributed by atoms with Crippen molar-refractivity contribution in [2.24, 2.45) is 0 Å². The summed E-state index contributed by atoms with van der Waals surface area (Å²) in [5, 5.41) is 11.1. The van der Waals surface area contributed by atoms with Gasteiger partial charge in [-0.2, -0.15) is 0 Å². The molecule has 0 amide bonds. The van der Waals surface area contributed by atoms with Crippen molar-refractivity contribution in [3.8, 4) is 23.0 Å². The number of hydrogen-bond donors (Lipinski definition) is 1. The standard InChI is InChI=1S/C26H26O10/c1-6-32-25(28)23-13(3)35-17-11-20(31-5)21(9-15(17)23)34-12-22-24(26(29)33-7-2)14-8-16(27)19(30-4)10-18(14)36-22/h8-11,27H,6-7,12H2,1-5H3. The fraction of sp³-hybridized carbons (Fsp3) is 0.308. The average molecular weight is 498 g/mol. The lowest BCUT2D eigenvalue weighted by Gasteiger charge is -2.11. The van der Waals surface area contributed by atoms with Crippen LogP contribution in [0.3, 0.4) is 0 Å². The van der Waals surface area contributed by atoms with E-state index < -0.39 is 11.9 Å². The highest BCUT2D eigenvalue weighted by molar-refractivity contribution is 6.06. The van der Waals surface area contributed by atoms with Crippen molar-refractivity contribution < 1.29 is 47.2 Å². The topological polar surface area (TPSA) is 127 Å². The molecule has 0 saturated carbocycles. The number of aromatic hydroxyl groups is 1. The summed E-state index contributed by atoms with van der Waals surface area (Å²) in [5.41, 5.74) is 1.15. The van der Waals surface area contributed by atoms with Crippen LogP contribution in [0.1, 0.15) is 46.1 Å². The molecule has 0 bridgehead atoms. The largest absolute Gasteiger partial charge is 0.504 e. The first kappa shape index (κ1) is 24.8. The minimum Gasteiger partial charge on any atom is -0.504 e. The molecule has 4 rings (SSSR count). The van der Waals surface area contributed by atoms with Gasteiger partial charge in [0.25, 0.3) is 0 Å². The fourth-order valence-corrected chi connectivity index (χ4v) is 3.95. The van der Waals surface area contributed by atoms with E-state index in [0.29, 0.717) is 33.4 Å². The molecule has 10 nitrogen and oxygen atoms in total. The van der Waals surface area contributed by atoms with Crippen molar-refractivity contribution in [3.05, 3.63) is 46.9 Å². The number of esters is 2. The van der Waals surface area contributed by atoms with Gasteiger partial charge in [0, 0.05) is 22.9 Å². The van der Waals surface area contributed by atoms with Crippen LogP contribution in [0.5, 0.6) is 23.0 Å². The SMILES string of the molecule is CCOC(=O)c1c(C)oc2cc(OC)c(OCc3oc4cc(OC)c(O)cc4c3C(=O)OCC)cc12. The Morgan fingerprint density at radius 3 is 2.03 bits per heavy atom. The molecule has 0 aliphatic rings. The zero-order chi connectivity index (χ0) is 26.0. The lowest BCUT2D eigenvalue weighted by atomic mass is 10.1. The Hall–Kier alpha value is -4.34. The maximum absolute atomic E-state index is 12.8. The summed E-state index contributed by atoms with van der Waals surface area (Å²) in [5.74, 6) is 0.0977. The Morgan fingerprint density at radius 2 is 1.39 bits per heavy atom. The normalized spacial score (nSPS) is 11.0. The molecule has 36 heavy (non-hydrogen) atoms. The van der Waals surface area contributed by atoms with Crippen molar-refractivity contribution in [3.63, 3.8) is 0 Å². The third-order valence-electron chi connectivity index (χ3n) is 5.53. The first-order valence-electron chi connectivity index (χ1n) is 11.2. The first-order valence-corrected chi connectivity index (χ1v) is 11.2. The summed E-state index contributed by atoms with van der Waals surface area (Å²) >= 11 is 0. The van der Waals surface area contributed by atoms with Crippen LogP contribution in [-0.4, -0.2) is 44.5 Å². The summed E-state index contributed by atoms with van der Waals surface area (Å²) in [6.07, 6.45) is 0. The summed E-state index contributed by atoms with van der Waals surface area (Å²) < 4.78 is 38.6. The summed E-state index contributed by atoms with van der Waals surface area (Å²) in [7, 11) is 2.88. The summed E-state index contributed by atoms with van der Waals surface area (Å²) in [6.45, 7) is 5.26. The molecule has 0 aliphatic carbocycles. The van der Waals surface area contributed by atoms with Crippen molar-refractivity contribution in [2.75, 3.05) is 27.4 Å². The van der Waals surface area contributed by atoms with Gasteiger partial charge in [0.05, 0.1) is 27.4 Å². The number of carbonyl (C=O) groups is 2. The maximum Gasteiger partial charge on any atom is 0.342 e. The maximum atomic E-state index is 12.8. The smallest absolute Gasteiger partial charge is 0.342 e.